The van der Waals surface area contributed by atoms with Crippen molar-refractivity contribution in [2.24, 2.45) is 0 Å². The van der Waals surface area contributed by atoms with Gasteiger partial charge in [0.2, 0.25) is 0 Å². The minimum atomic E-state index is -0.777. The van der Waals surface area contributed by atoms with Crippen LogP contribution in [0.4, 0.5) is 0 Å². The highest BCUT2D eigenvalue weighted by molar-refractivity contribution is 7.99. The molecular formula is C19H18Cl2O4S. The summed E-state index contributed by atoms with van der Waals surface area (Å²) in [5.41, 5.74) is 2.02. The van der Waals surface area contributed by atoms with E-state index in [1.165, 1.54) is 11.8 Å². The molecule has 0 aliphatic carbocycles. The molecule has 0 amide bonds. The van der Waals surface area contributed by atoms with E-state index in [0.29, 0.717) is 29.2 Å². The van der Waals surface area contributed by atoms with E-state index in [1.807, 2.05) is 24.3 Å². The van der Waals surface area contributed by atoms with E-state index in [1.54, 1.807) is 12.1 Å². The molecule has 0 unspecified atom stereocenters. The normalized spacial score (nSPS) is 15.4. The first kappa shape index (κ1) is 19.2. The number of carboxylic acids is 1. The van der Waals surface area contributed by atoms with Gasteiger partial charge in [-0.3, -0.25) is 4.79 Å². The van der Waals surface area contributed by atoms with Crippen molar-refractivity contribution >= 4 is 40.9 Å². The monoisotopic (exact) mass is 412 g/mol. The zero-order valence-corrected chi connectivity index (χ0v) is 16.2. The third-order valence-corrected chi connectivity index (χ3v) is 5.67. The van der Waals surface area contributed by atoms with Crippen LogP contribution in [0.15, 0.2) is 36.4 Å². The van der Waals surface area contributed by atoms with Gasteiger partial charge >= 0.3 is 5.97 Å². The second kappa shape index (κ2) is 8.89. The molecule has 2 aromatic carbocycles. The summed E-state index contributed by atoms with van der Waals surface area (Å²) in [7, 11) is 0. The van der Waals surface area contributed by atoms with Gasteiger partial charge < -0.3 is 14.6 Å². The number of halogens is 2. The van der Waals surface area contributed by atoms with Crippen LogP contribution in [0.5, 0.6) is 11.5 Å². The van der Waals surface area contributed by atoms with Crippen LogP contribution in [0.3, 0.4) is 0 Å². The van der Waals surface area contributed by atoms with Gasteiger partial charge in [0.05, 0.1) is 12.4 Å². The van der Waals surface area contributed by atoms with Crippen LogP contribution in [-0.2, 0) is 11.4 Å². The fourth-order valence-electron chi connectivity index (χ4n) is 2.77. The Bertz CT molecular complexity index is 797. The lowest BCUT2D eigenvalue weighted by atomic mass is 9.99. The maximum atomic E-state index is 10.6. The largest absolute Gasteiger partial charge is 0.493 e. The standard InChI is InChI=1S/C19H18Cl2O4S/c20-14-2-1-13(17(21)7-14)10-24-15-3-4-16-12(9-25-18(16)8-15)5-6-26-11-19(22)23/h1-4,7-8,12H,5-6,9-11H2,(H,22,23)/t12-/m1/s1. The third-order valence-electron chi connectivity index (χ3n) is 4.11. The lowest BCUT2D eigenvalue weighted by Crippen LogP contribution is -2.04. The molecule has 0 aromatic heterocycles. The van der Waals surface area contributed by atoms with Gasteiger partial charge in [-0.05, 0) is 30.4 Å². The summed E-state index contributed by atoms with van der Waals surface area (Å²) in [5.74, 6) is 2.01. The average molecular weight is 413 g/mol. The van der Waals surface area contributed by atoms with E-state index in [2.05, 4.69) is 0 Å². The summed E-state index contributed by atoms with van der Waals surface area (Å²) in [6.45, 7) is 0.972. The Balaban J connectivity index is 1.56. The molecule has 26 heavy (non-hydrogen) atoms. The Morgan fingerprint density at radius 1 is 1.27 bits per heavy atom. The molecule has 7 heteroatoms. The van der Waals surface area contributed by atoms with E-state index in [-0.39, 0.29) is 5.75 Å². The zero-order chi connectivity index (χ0) is 18.5. The second-order valence-electron chi connectivity index (χ2n) is 5.97. The van der Waals surface area contributed by atoms with Crippen molar-refractivity contribution in [2.75, 3.05) is 18.1 Å². The molecule has 3 rings (SSSR count). The molecule has 1 atom stereocenters. The van der Waals surface area contributed by atoms with Crippen molar-refractivity contribution in [3.05, 3.63) is 57.6 Å². The van der Waals surface area contributed by atoms with Crippen LogP contribution in [-0.4, -0.2) is 29.2 Å². The lowest BCUT2D eigenvalue weighted by Gasteiger charge is -2.10. The highest BCUT2D eigenvalue weighted by atomic mass is 35.5. The van der Waals surface area contributed by atoms with Gasteiger partial charge in [-0.25, -0.2) is 0 Å². The van der Waals surface area contributed by atoms with Crippen LogP contribution in [0.25, 0.3) is 0 Å². The molecule has 1 N–H and O–H groups in total. The number of carboxylic acid groups (broad SMARTS) is 1. The van der Waals surface area contributed by atoms with Crippen LogP contribution in [0.1, 0.15) is 23.5 Å². The Hall–Kier alpha value is -1.56. The number of hydrogen-bond acceptors (Lipinski definition) is 4. The van der Waals surface area contributed by atoms with Crippen LogP contribution in [0.2, 0.25) is 10.0 Å². The summed E-state index contributed by atoms with van der Waals surface area (Å²) >= 11 is 13.5. The number of carbonyl (C=O) groups is 1. The molecule has 1 aliphatic rings. The van der Waals surface area contributed by atoms with Gasteiger partial charge in [0.15, 0.2) is 0 Å². The molecular weight excluding hydrogens is 395 g/mol. The van der Waals surface area contributed by atoms with E-state index in [9.17, 15) is 4.79 Å². The number of hydrogen-bond donors (Lipinski definition) is 1. The number of ether oxygens (including phenoxy) is 2. The fraction of sp³-hybridized carbons (Fsp3) is 0.316. The predicted octanol–water partition coefficient (Wildman–Crippen LogP) is 5.26. The molecule has 138 valence electrons. The number of rotatable bonds is 8. The maximum Gasteiger partial charge on any atom is 0.313 e. The van der Waals surface area contributed by atoms with E-state index in [0.717, 1.165) is 34.8 Å². The summed E-state index contributed by atoms with van der Waals surface area (Å²) in [5, 5.41) is 9.86. The molecule has 2 aromatic rings. The minimum Gasteiger partial charge on any atom is -0.493 e. The molecule has 0 fully saturated rings. The van der Waals surface area contributed by atoms with Gasteiger partial charge in [0.1, 0.15) is 18.1 Å². The first-order chi connectivity index (χ1) is 12.5. The average Bonchev–Trinajstić information content (AvgIpc) is 3.00. The summed E-state index contributed by atoms with van der Waals surface area (Å²) in [6.07, 6.45) is 0.894. The van der Waals surface area contributed by atoms with Gasteiger partial charge in [0.25, 0.3) is 0 Å². The zero-order valence-electron chi connectivity index (χ0n) is 13.9. The van der Waals surface area contributed by atoms with E-state index in [4.69, 9.17) is 37.8 Å². The lowest BCUT2D eigenvalue weighted by molar-refractivity contribution is -0.133. The molecule has 0 radical (unpaired) electrons. The maximum absolute atomic E-state index is 10.6. The van der Waals surface area contributed by atoms with Crippen molar-refractivity contribution in [2.45, 2.75) is 18.9 Å². The summed E-state index contributed by atoms with van der Waals surface area (Å²) in [4.78, 5) is 10.6. The van der Waals surface area contributed by atoms with Crippen molar-refractivity contribution in [3.8, 4) is 11.5 Å². The number of thioether (sulfide) groups is 1. The van der Waals surface area contributed by atoms with E-state index >= 15 is 0 Å². The number of benzene rings is 2. The summed E-state index contributed by atoms with van der Waals surface area (Å²) in [6, 6.07) is 11.2. The first-order valence-electron chi connectivity index (χ1n) is 8.16. The molecule has 4 nitrogen and oxygen atoms in total. The Kier molecular flexibility index (Phi) is 6.57. The van der Waals surface area contributed by atoms with Gasteiger partial charge in [-0.15, -0.1) is 0 Å². The molecule has 0 saturated heterocycles. The highest BCUT2D eigenvalue weighted by Crippen LogP contribution is 2.39. The van der Waals surface area contributed by atoms with Crippen molar-refractivity contribution in [3.63, 3.8) is 0 Å². The minimum absolute atomic E-state index is 0.139. The van der Waals surface area contributed by atoms with Crippen molar-refractivity contribution in [1.82, 2.24) is 0 Å². The quantitative estimate of drug-likeness (QED) is 0.599. The van der Waals surface area contributed by atoms with Crippen LogP contribution < -0.4 is 9.47 Å². The molecule has 0 spiro atoms. The highest BCUT2D eigenvalue weighted by Gasteiger charge is 2.24. The smallest absolute Gasteiger partial charge is 0.313 e. The van der Waals surface area contributed by atoms with E-state index < -0.39 is 5.97 Å². The van der Waals surface area contributed by atoms with Gasteiger partial charge in [-0.1, -0.05) is 35.3 Å². The van der Waals surface area contributed by atoms with Crippen molar-refractivity contribution in [1.29, 1.82) is 0 Å². The van der Waals surface area contributed by atoms with Gasteiger partial charge in [-0.2, -0.15) is 11.8 Å². The molecule has 1 heterocycles. The second-order valence-corrected chi connectivity index (χ2v) is 7.92. The molecule has 0 saturated carbocycles. The third kappa shape index (κ3) is 5.00. The topological polar surface area (TPSA) is 55.8 Å². The van der Waals surface area contributed by atoms with Crippen molar-refractivity contribution < 1.29 is 19.4 Å². The first-order valence-corrected chi connectivity index (χ1v) is 10.1. The molecule has 1 aliphatic heterocycles. The number of aliphatic carboxylic acids is 1. The predicted molar refractivity (Wildman–Crippen MR) is 105 cm³/mol. The van der Waals surface area contributed by atoms with Gasteiger partial charge in [0, 0.05) is 33.2 Å². The van der Waals surface area contributed by atoms with Crippen LogP contribution in [0, 0.1) is 0 Å². The Morgan fingerprint density at radius 2 is 2.12 bits per heavy atom. The number of fused-ring (bicyclic) bond motifs is 1. The van der Waals surface area contributed by atoms with Crippen LogP contribution >= 0.6 is 35.0 Å². The molecule has 0 bridgehead atoms. The SMILES string of the molecule is O=C(O)CSCC[C@@H]1COc2cc(OCc3ccc(Cl)cc3Cl)ccc21. The Labute approximate surface area is 166 Å². The summed E-state index contributed by atoms with van der Waals surface area (Å²) < 4.78 is 11.6. The fourth-order valence-corrected chi connectivity index (χ4v) is 4.00. The Morgan fingerprint density at radius 3 is 2.88 bits per heavy atom.